The van der Waals surface area contributed by atoms with E-state index in [2.05, 4.69) is 15.5 Å². The molecule has 9 heteroatoms. The van der Waals surface area contributed by atoms with Crippen LogP contribution in [0.2, 0.25) is 5.02 Å². The van der Waals surface area contributed by atoms with Gasteiger partial charge in [0.2, 0.25) is 5.91 Å². The van der Waals surface area contributed by atoms with Crippen molar-refractivity contribution < 1.29 is 18.0 Å². The van der Waals surface area contributed by atoms with Crippen molar-refractivity contribution in [2.45, 2.75) is 23.4 Å². The van der Waals surface area contributed by atoms with Gasteiger partial charge in [-0.05, 0) is 25.1 Å². The number of hydrogen-bond acceptors (Lipinski definition) is 4. The van der Waals surface area contributed by atoms with E-state index in [9.17, 15) is 18.0 Å². The second-order valence-corrected chi connectivity index (χ2v) is 8.94. The van der Waals surface area contributed by atoms with Crippen LogP contribution in [0.4, 0.5) is 18.9 Å². The summed E-state index contributed by atoms with van der Waals surface area (Å²) in [6, 6.07) is 20.0. The summed E-state index contributed by atoms with van der Waals surface area (Å²) in [6.45, 7) is 1.64. The lowest BCUT2D eigenvalue weighted by molar-refractivity contribution is -0.137. The van der Waals surface area contributed by atoms with Gasteiger partial charge in [0.25, 0.3) is 0 Å². The maximum absolute atomic E-state index is 13.0. The Bertz CT molecular complexity index is 1320. The molecule has 4 aromatic rings. The third-order valence-electron chi connectivity index (χ3n) is 4.91. The van der Waals surface area contributed by atoms with Crippen LogP contribution in [0.25, 0.3) is 22.0 Å². The molecule has 0 spiro atoms. The maximum Gasteiger partial charge on any atom is 0.416 e. The Morgan fingerprint density at radius 2 is 1.64 bits per heavy atom. The number of anilines is 1. The normalized spacial score (nSPS) is 12.5. The van der Waals surface area contributed by atoms with Gasteiger partial charge in [0.1, 0.15) is 10.7 Å². The third kappa shape index (κ3) is 5.12. The highest BCUT2D eigenvalue weighted by Crippen LogP contribution is 2.36. The number of alkyl halides is 3. The number of rotatable bonds is 5. The Morgan fingerprint density at radius 1 is 0.970 bits per heavy atom. The van der Waals surface area contributed by atoms with Crippen molar-refractivity contribution in [3.63, 3.8) is 0 Å². The van der Waals surface area contributed by atoms with Crippen molar-refractivity contribution in [2.75, 3.05) is 5.32 Å². The Kier molecular flexibility index (Phi) is 6.58. The van der Waals surface area contributed by atoms with Crippen molar-refractivity contribution in [1.29, 1.82) is 0 Å². The fourth-order valence-corrected chi connectivity index (χ4v) is 4.29. The van der Waals surface area contributed by atoms with Gasteiger partial charge in [-0.15, -0.1) is 10.2 Å². The largest absolute Gasteiger partial charge is 0.416 e. The summed E-state index contributed by atoms with van der Waals surface area (Å²) in [5.41, 5.74) is 0.654. The molecular formula is C24H17ClF3N3OS. The molecule has 0 saturated heterocycles. The van der Waals surface area contributed by atoms with E-state index >= 15 is 0 Å². The van der Waals surface area contributed by atoms with E-state index in [1.165, 1.54) is 11.8 Å². The van der Waals surface area contributed by atoms with E-state index in [0.29, 0.717) is 5.03 Å². The number of fused-ring (bicyclic) bond motifs is 1. The quantitative estimate of drug-likeness (QED) is 0.305. The fraction of sp³-hybridized carbons (Fsp3) is 0.125. The summed E-state index contributed by atoms with van der Waals surface area (Å²) in [5, 5.41) is 12.8. The van der Waals surface area contributed by atoms with Crippen LogP contribution < -0.4 is 5.32 Å². The van der Waals surface area contributed by atoms with Crippen molar-refractivity contribution in [3.8, 4) is 11.3 Å². The number of hydrogen-bond donors (Lipinski definition) is 1. The SMILES string of the molecule is C[C@H](Sc1nnc(-c2ccccc2)c2ccccc12)C(=O)Nc1cc(C(F)(F)F)ccc1Cl. The zero-order valence-corrected chi connectivity index (χ0v) is 18.8. The van der Waals surface area contributed by atoms with Crippen LogP contribution in [0, 0.1) is 0 Å². The second kappa shape index (κ2) is 9.41. The lowest BCUT2D eigenvalue weighted by atomic mass is 10.1. The molecule has 0 aliphatic heterocycles. The highest BCUT2D eigenvalue weighted by atomic mass is 35.5. The molecule has 3 aromatic carbocycles. The van der Waals surface area contributed by atoms with Crippen LogP contribution in [0.15, 0.2) is 77.8 Å². The van der Waals surface area contributed by atoms with Crippen molar-refractivity contribution in [1.82, 2.24) is 10.2 Å². The summed E-state index contributed by atoms with van der Waals surface area (Å²) in [6.07, 6.45) is -4.54. The number of amides is 1. The molecule has 0 bridgehead atoms. The van der Waals surface area contributed by atoms with Gasteiger partial charge in [0.05, 0.1) is 21.5 Å². The first kappa shape index (κ1) is 23.1. The molecule has 0 aliphatic carbocycles. The van der Waals surface area contributed by atoms with Crippen molar-refractivity contribution >= 4 is 45.7 Å². The zero-order chi connectivity index (χ0) is 23.6. The van der Waals surface area contributed by atoms with Crippen LogP contribution >= 0.6 is 23.4 Å². The molecule has 1 N–H and O–H groups in total. The van der Waals surface area contributed by atoms with Crippen LogP contribution in [0.5, 0.6) is 0 Å². The van der Waals surface area contributed by atoms with Crippen molar-refractivity contribution in [3.05, 3.63) is 83.4 Å². The highest BCUT2D eigenvalue weighted by Gasteiger charge is 2.31. The van der Waals surface area contributed by atoms with E-state index in [4.69, 9.17) is 11.6 Å². The Balaban J connectivity index is 1.59. The highest BCUT2D eigenvalue weighted by molar-refractivity contribution is 8.00. The van der Waals surface area contributed by atoms with Gasteiger partial charge in [-0.3, -0.25) is 4.79 Å². The first-order chi connectivity index (χ1) is 15.7. The molecule has 1 heterocycles. The number of benzene rings is 3. The van der Waals surface area contributed by atoms with Crippen LogP contribution in [0.3, 0.4) is 0 Å². The Morgan fingerprint density at radius 3 is 2.33 bits per heavy atom. The Labute approximate surface area is 197 Å². The second-order valence-electron chi connectivity index (χ2n) is 7.21. The zero-order valence-electron chi connectivity index (χ0n) is 17.2. The first-order valence-electron chi connectivity index (χ1n) is 9.89. The molecule has 0 saturated carbocycles. The molecule has 0 unspecified atom stereocenters. The third-order valence-corrected chi connectivity index (χ3v) is 6.33. The minimum absolute atomic E-state index is 0.0194. The summed E-state index contributed by atoms with van der Waals surface area (Å²) in [5.74, 6) is -0.501. The van der Waals surface area contributed by atoms with Crippen LogP contribution in [-0.4, -0.2) is 21.4 Å². The standard InChI is InChI=1S/C24H17ClF3N3OS/c1-14(22(32)29-20-13-16(24(26,27)28)11-12-19(20)25)33-23-18-10-6-5-9-17(18)21(30-31-23)15-7-3-2-4-8-15/h2-14H,1H3,(H,29,32)/t14-/m0/s1. The van der Waals surface area contributed by atoms with Crippen LogP contribution in [-0.2, 0) is 11.0 Å². The number of nitrogens with one attached hydrogen (secondary N) is 1. The maximum atomic E-state index is 13.0. The Hall–Kier alpha value is -3.10. The summed E-state index contributed by atoms with van der Waals surface area (Å²) >= 11 is 7.17. The first-order valence-corrected chi connectivity index (χ1v) is 11.1. The van der Waals surface area contributed by atoms with Gasteiger partial charge in [-0.1, -0.05) is 78.0 Å². The molecule has 4 rings (SSSR count). The van der Waals surface area contributed by atoms with Gasteiger partial charge in [-0.2, -0.15) is 13.2 Å². The minimum atomic E-state index is -4.54. The van der Waals surface area contributed by atoms with E-state index in [0.717, 1.165) is 40.2 Å². The van der Waals surface area contributed by atoms with Gasteiger partial charge in [0.15, 0.2) is 0 Å². The smallest absolute Gasteiger partial charge is 0.324 e. The molecule has 33 heavy (non-hydrogen) atoms. The van der Waals surface area contributed by atoms with E-state index in [1.807, 2.05) is 54.6 Å². The summed E-state index contributed by atoms with van der Waals surface area (Å²) in [4.78, 5) is 12.7. The fourth-order valence-electron chi connectivity index (χ4n) is 3.23. The minimum Gasteiger partial charge on any atom is -0.324 e. The molecule has 0 fully saturated rings. The molecule has 1 aromatic heterocycles. The van der Waals surface area contributed by atoms with Crippen LogP contribution in [0.1, 0.15) is 12.5 Å². The number of carbonyl (C=O) groups excluding carboxylic acids is 1. The van der Waals surface area contributed by atoms with Gasteiger partial charge in [-0.25, -0.2) is 0 Å². The average Bonchev–Trinajstić information content (AvgIpc) is 2.80. The monoisotopic (exact) mass is 487 g/mol. The van der Waals surface area contributed by atoms with Gasteiger partial charge < -0.3 is 5.32 Å². The van der Waals surface area contributed by atoms with Crippen molar-refractivity contribution in [2.24, 2.45) is 0 Å². The number of nitrogens with zero attached hydrogens (tertiary/aromatic N) is 2. The molecule has 4 nitrogen and oxygen atoms in total. The molecule has 0 radical (unpaired) electrons. The molecule has 1 amide bonds. The molecule has 0 aliphatic rings. The predicted octanol–water partition coefficient (Wildman–Crippen LogP) is 7.09. The lowest BCUT2D eigenvalue weighted by Crippen LogP contribution is -2.23. The van der Waals surface area contributed by atoms with Gasteiger partial charge in [0, 0.05) is 16.3 Å². The number of aromatic nitrogens is 2. The average molecular weight is 488 g/mol. The van der Waals surface area contributed by atoms with E-state index in [1.54, 1.807) is 6.92 Å². The number of thioether (sulfide) groups is 1. The number of carbonyl (C=O) groups is 1. The van der Waals surface area contributed by atoms with Gasteiger partial charge >= 0.3 is 6.18 Å². The summed E-state index contributed by atoms with van der Waals surface area (Å²) < 4.78 is 39.0. The van der Waals surface area contributed by atoms with E-state index in [-0.39, 0.29) is 10.7 Å². The topological polar surface area (TPSA) is 54.9 Å². The summed E-state index contributed by atoms with van der Waals surface area (Å²) in [7, 11) is 0. The lowest BCUT2D eigenvalue weighted by Gasteiger charge is -2.15. The number of halogens is 4. The molecule has 1 atom stereocenters. The molecule has 168 valence electrons. The predicted molar refractivity (Wildman–Crippen MR) is 125 cm³/mol. The molecular weight excluding hydrogens is 471 g/mol. The van der Waals surface area contributed by atoms with E-state index < -0.39 is 22.9 Å².